The number of aryl methyl sites for hydroxylation is 1. The van der Waals surface area contributed by atoms with Gasteiger partial charge in [0.15, 0.2) is 0 Å². The Kier molecular flexibility index (Phi) is 3.86. The summed E-state index contributed by atoms with van der Waals surface area (Å²) in [6.07, 6.45) is 2.75. The molecule has 21 heavy (non-hydrogen) atoms. The molecule has 0 spiro atoms. The van der Waals surface area contributed by atoms with Gasteiger partial charge in [0, 0.05) is 6.20 Å². The summed E-state index contributed by atoms with van der Waals surface area (Å²) in [6, 6.07) is 13.8. The van der Waals surface area contributed by atoms with Crippen LogP contribution in [0.4, 0.5) is 5.95 Å². The Labute approximate surface area is 122 Å². The second kappa shape index (κ2) is 6.13. The summed E-state index contributed by atoms with van der Waals surface area (Å²) in [5.74, 6) is 0.605. The smallest absolute Gasteiger partial charge is 0.248 e. The van der Waals surface area contributed by atoms with Gasteiger partial charge in [-0.25, -0.2) is 0 Å². The van der Waals surface area contributed by atoms with Crippen LogP contribution in [0.15, 0.2) is 48.7 Å². The Morgan fingerprint density at radius 3 is 2.76 bits per heavy atom. The first kappa shape index (κ1) is 13.2. The maximum absolute atomic E-state index is 4.41. The first-order valence-corrected chi connectivity index (χ1v) is 6.89. The fourth-order valence-electron chi connectivity index (χ4n) is 2.16. The van der Waals surface area contributed by atoms with Crippen LogP contribution in [0.1, 0.15) is 18.2 Å². The average Bonchev–Trinajstić information content (AvgIpc) is 3.02. The van der Waals surface area contributed by atoms with Gasteiger partial charge in [0.05, 0.1) is 17.9 Å². The van der Waals surface area contributed by atoms with Gasteiger partial charge >= 0.3 is 0 Å². The van der Waals surface area contributed by atoms with Crippen molar-refractivity contribution >= 4 is 5.95 Å². The van der Waals surface area contributed by atoms with Gasteiger partial charge in [-0.1, -0.05) is 36.3 Å². The van der Waals surface area contributed by atoms with E-state index in [1.807, 2.05) is 36.4 Å². The average molecular weight is 280 g/mol. The molecule has 0 aliphatic carbocycles. The van der Waals surface area contributed by atoms with Gasteiger partial charge in [0.25, 0.3) is 0 Å². The zero-order chi connectivity index (χ0) is 14.5. The van der Waals surface area contributed by atoms with Crippen LogP contribution >= 0.6 is 0 Å². The summed E-state index contributed by atoms with van der Waals surface area (Å²) >= 11 is 0. The topological polar surface area (TPSA) is 68.5 Å². The number of nitrogens with zero attached hydrogens (tertiary/aromatic N) is 5. The second-order valence-corrected chi connectivity index (χ2v) is 4.57. The molecule has 0 saturated carbocycles. The van der Waals surface area contributed by atoms with Gasteiger partial charge in [0.1, 0.15) is 0 Å². The second-order valence-electron chi connectivity index (χ2n) is 4.57. The van der Waals surface area contributed by atoms with E-state index in [-0.39, 0.29) is 0 Å². The number of anilines is 1. The predicted molar refractivity (Wildman–Crippen MR) is 80.1 cm³/mol. The minimum Gasteiger partial charge on any atom is -0.347 e. The van der Waals surface area contributed by atoms with Crippen molar-refractivity contribution in [1.29, 1.82) is 0 Å². The molecule has 2 aromatic heterocycles. The molecule has 1 N–H and O–H groups in total. The SMILES string of the molecule is CCc1cccnc1CNc1nnnn1-c1ccccc1. The number of hydrogen-bond donors (Lipinski definition) is 1. The van der Waals surface area contributed by atoms with Crippen molar-refractivity contribution in [3.05, 3.63) is 59.9 Å². The molecule has 6 nitrogen and oxygen atoms in total. The van der Waals surface area contributed by atoms with Crippen LogP contribution in [0.3, 0.4) is 0 Å². The molecule has 0 radical (unpaired) electrons. The molecule has 0 aliphatic heterocycles. The molecular formula is C15H16N6. The van der Waals surface area contributed by atoms with E-state index >= 15 is 0 Å². The molecule has 6 heteroatoms. The van der Waals surface area contributed by atoms with Crippen molar-refractivity contribution < 1.29 is 0 Å². The fraction of sp³-hybridized carbons (Fsp3) is 0.200. The van der Waals surface area contributed by atoms with Gasteiger partial charge in [-0.3, -0.25) is 4.98 Å². The Morgan fingerprint density at radius 1 is 1.10 bits per heavy atom. The Hall–Kier alpha value is -2.76. The fourth-order valence-corrected chi connectivity index (χ4v) is 2.16. The largest absolute Gasteiger partial charge is 0.347 e. The van der Waals surface area contributed by atoms with E-state index in [1.54, 1.807) is 10.9 Å². The lowest BCUT2D eigenvalue weighted by Crippen LogP contribution is -2.09. The highest BCUT2D eigenvalue weighted by molar-refractivity contribution is 5.38. The molecular weight excluding hydrogens is 264 g/mol. The van der Waals surface area contributed by atoms with Crippen molar-refractivity contribution in [3.63, 3.8) is 0 Å². The minimum absolute atomic E-state index is 0.594. The molecule has 0 fully saturated rings. The molecule has 0 bridgehead atoms. The molecule has 0 atom stereocenters. The Bertz CT molecular complexity index is 707. The van der Waals surface area contributed by atoms with E-state index in [9.17, 15) is 0 Å². The number of pyridine rings is 1. The van der Waals surface area contributed by atoms with Crippen LogP contribution < -0.4 is 5.32 Å². The molecule has 0 unspecified atom stereocenters. The zero-order valence-corrected chi connectivity index (χ0v) is 11.8. The summed E-state index contributed by atoms with van der Waals surface area (Å²) in [5, 5.41) is 15.0. The maximum Gasteiger partial charge on any atom is 0.248 e. The monoisotopic (exact) mass is 280 g/mol. The van der Waals surface area contributed by atoms with Crippen molar-refractivity contribution in [1.82, 2.24) is 25.2 Å². The van der Waals surface area contributed by atoms with E-state index in [2.05, 4.69) is 38.8 Å². The third-order valence-electron chi connectivity index (χ3n) is 3.25. The van der Waals surface area contributed by atoms with Crippen LogP contribution in [0, 0.1) is 0 Å². The van der Waals surface area contributed by atoms with Crippen molar-refractivity contribution in [2.45, 2.75) is 19.9 Å². The molecule has 0 aliphatic rings. The van der Waals surface area contributed by atoms with Crippen LogP contribution in [0.25, 0.3) is 5.69 Å². The molecule has 106 valence electrons. The van der Waals surface area contributed by atoms with Gasteiger partial charge < -0.3 is 5.32 Å². The molecule has 2 heterocycles. The van der Waals surface area contributed by atoms with Crippen molar-refractivity contribution in [3.8, 4) is 5.69 Å². The van der Waals surface area contributed by atoms with Crippen LogP contribution in [-0.4, -0.2) is 25.2 Å². The number of tetrazole rings is 1. The predicted octanol–water partition coefficient (Wildman–Crippen LogP) is 2.23. The van der Waals surface area contributed by atoms with Crippen LogP contribution in [0.5, 0.6) is 0 Å². The van der Waals surface area contributed by atoms with Gasteiger partial charge in [-0.2, -0.15) is 4.68 Å². The summed E-state index contributed by atoms with van der Waals surface area (Å²) in [5.41, 5.74) is 3.16. The third-order valence-corrected chi connectivity index (χ3v) is 3.25. The van der Waals surface area contributed by atoms with Crippen molar-refractivity contribution in [2.24, 2.45) is 0 Å². The lowest BCUT2D eigenvalue weighted by atomic mass is 10.1. The highest BCUT2D eigenvalue weighted by atomic mass is 15.6. The summed E-state index contributed by atoms with van der Waals surface area (Å²) in [4.78, 5) is 4.41. The van der Waals surface area contributed by atoms with Gasteiger partial charge in [-0.05, 0) is 40.6 Å². The van der Waals surface area contributed by atoms with Gasteiger partial charge in [-0.15, -0.1) is 0 Å². The van der Waals surface area contributed by atoms with E-state index in [0.717, 1.165) is 17.8 Å². The molecule has 0 amide bonds. The Morgan fingerprint density at radius 2 is 1.95 bits per heavy atom. The summed E-state index contributed by atoms with van der Waals surface area (Å²) in [7, 11) is 0. The van der Waals surface area contributed by atoms with E-state index < -0.39 is 0 Å². The first-order valence-electron chi connectivity index (χ1n) is 6.89. The molecule has 0 saturated heterocycles. The molecule has 1 aromatic carbocycles. The quantitative estimate of drug-likeness (QED) is 0.776. The van der Waals surface area contributed by atoms with E-state index in [4.69, 9.17) is 0 Å². The lowest BCUT2D eigenvalue weighted by molar-refractivity contribution is 0.788. The zero-order valence-electron chi connectivity index (χ0n) is 11.8. The summed E-state index contributed by atoms with van der Waals surface area (Å²) < 4.78 is 1.68. The van der Waals surface area contributed by atoms with Gasteiger partial charge in [0.2, 0.25) is 5.95 Å². The highest BCUT2D eigenvalue weighted by Crippen LogP contribution is 2.12. The third kappa shape index (κ3) is 2.89. The minimum atomic E-state index is 0.594. The number of rotatable bonds is 5. The van der Waals surface area contributed by atoms with E-state index in [1.165, 1.54) is 5.56 Å². The highest BCUT2D eigenvalue weighted by Gasteiger charge is 2.08. The molecule has 3 aromatic rings. The first-order chi connectivity index (χ1) is 10.4. The lowest BCUT2D eigenvalue weighted by Gasteiger charge is -2.09. The standard InChI is InChI=1S/C15H16N6/c1-2-12-7-6-10-16-14(12)11-17-15-18-19-20-21(15)13-8-4-3-5-9-13/h3-10H,2,11H2,1H3,(H,17,18,20). The number of nitrogens with one attached hydrogen (secondary N) is 1. The number of hydrogen-bond acceptors (Lipinski definition) is 5. The number of para-hydroxylation sites is 1. The normalized spacial score (nSPS) is 10.5. The number of aromatic nitrogens is 5. The Balaban J connectivity index is 1.79. The number of benzene rings is 1. The summed E-state index contributed by atoms with van der Waals surface area (Å²) in [6.45, 7) is 2.71. The van der Waals surface area contributed by atoms with E-state index in [0.29, 0.717) is 12.5 Å². The van der Waals surface area contributed by atoms with Crippen LogP contribution in [-0.2, 0) is 13.0 Å². The van der Waals surface area contributed by atoms with Crippen molar-refractivity contribution in [2.75, 3.05) is 5.32 Å². The molecule has 3 rings (SSSR count). The van der Waals surface area contributed by atoms with Crippen LogP contribution in [0.2, 0.25) is 0 Å². The maximum atomic E-state index is 4.41.